The van der Waals surface area contributed by atoms with Gasteiger partial charge < -0.3 is 15.5 Å². The van der Waals surface area contributed by atoms with E-state index in [9.17, 15) is 0 Å². The molecule has 78 valence electrons. The Morgan fingerprint density at radius 2 is 2.00 bits per heavy atom. The first kappa shape index (κ1) is 12.6. The van der Waals surface area contributed by atoms with Gasteiger partial charge in [-0.15, -0.1) is 6.58 Å². The normalized spacial score (nSPS) is 14.2. The quantitative estimate of drug-likeness (QED) is 0.514. The molecule has 0 aromatic rings. The third-order valence-electron chi connectivity index (χ3n) is 2.10. The van der Waals surface area contributed by atoms with Crippen molar-refractivity contribution in [3.05, 3.63) is 12.7 Å². The number of nitrogens with one attached hydrogen (secondary N) is 1. The van der Waals surface area contributed by atoms with Crippen LogP contribution in [-0.4, -0.2) is 35.0 Å². The third-order valence-corrected chi connectivity index (χ3v) is 2.10. The average molecular weight is 187 g/mol. The molecule has 0 amide bonds. The first-order chi connectivity index (χ1) is 6.08. The Morgan fingerprint density at radius 1 is 1.46 bits per heavy atom. The Labute approximate surface area is 80.5 Å². The molecule has 3 nitrogen and oxygen atoms in total. The Hall–Kier alpha value is -0.380. The van der Waals surface area contributed by atoms with Crippen LogP contribution in [0, 0.1) is 0 Å². The molecule has 1 atom stereocenters. The lowest BCUT2D eigenvalue weighted by Gasteiger charge is -2.30. The summed E-state index contributed by atoms with van der Waals surface area (Å²) in [5.74, 6) is 0. The van der Waals surface area contributed by atoms with Crippen molar-refractivity contribution in [2.24, 2.45) is 0 Å². The van der Waals surface area contributed by atoms with E-state index >= 15 is 0 Å². The van der Waals surface area contributed by atoms with Crippen molar-refractivity contribution in [3.63, 3.8) is 0 Å². The van der Waals surface area contributed by atoms with Crippen molar-refractivity contribution in [1.82, 2.24) is 5.32 Å². The Bertz CT molecular complexity index is 144. The predicted octanol–water partition coefficient (Wildman–Crippen LogP) is 0.674. The lowest BCUT2D eigenvalue weighted by atomic mass is 10.0. The minimum Gasteiger partial charge on any atom is -0.394 e. The summed E-state index contributed by atoms with van der Waals surface area (Å²) in [6.07, 6.45) is 3.79. The summed E-state index contributed by atoms with van der Waals surface area (Å²) in [6.45, 7) is 7.37. The largest absolute Gasteiger partial charge is 0.394 e. The molecule has 0 aliphatic rings. The minimum absolute atomic E-state index is 0.0536. The summed E-state index contributed by atoms with van der Waals surface area (Å²) >= 11 is 0. The molecule has 0 fully saturated rings. The molecule has 0 saturated heterocycles. The SMILES string of the molecule is C=CCCC(C)NC(C)(CO)CO. The molecule has 0 aliphatic heterocycles. The van der Waals surface area contributed by atoms with Gasteiger partial charge in [0.25, 0.3) is 0 Å². The van der Waals surface area contributed by atoms with Gasteiger partial charge in [-0.1, -0.05) is 6.08 Å². The van der Waals surface area contributed by atoms with Crippen LogP contribution in [0.3, 0.4) is 0 Å². The molecular formula is C10H21NO2. The zero-order valence-electron chi connectivity index (χ0n) is 8.58. The molecule has 0 aromatic carbocycles. The molecule has 0 rings (SSSR count). The van der Waals surface area contributed by atoms with Crippen LogP contribution < -0.4 is 5.32 Å². The summed E-state index contributed by atoms with van der Waals surface area (Å²) in [5, 5.41) is 21.2. The van der Waals surface area contributed by atoms with E-state index in [-0.39, 0.29) is 19.3 Å². The highest BCUT2D eigenvalue weighted by Gasteiger charge is 2.23. The van der Waals surface area contributed by atoms with Crippen molar-refractivity contribution < 1.29 is 10.2 Å². The summed E-state index contributed by atoms with van der Waals surface area (Å²) in [7, 11) is 0. The van der Waals surface area contributed by atoms with Crippen LogP contribution in [0.25, 0.3) is 0 Å². The molecule has 1 unspecified atom stereocenters. The topological polar surface area (TPSA) is 52.5 Å². The molecule has 0 bridgehead atoms. The highest BCUT2D eigenvalue weighted by atomic mass is 16.3. The van der Waals surface area contributed by atoms with Crippen LogP contribution in [0.15, 0.2) is 12.7 Å². The van der Waals surface area contributed by atoms with Crippen LogP contribution in [0.5, 0.6) is 0 Å². The Balaban J connectivity index is 3.86. The summed E-state index contributed by atoms with van der Waals surface area (Å²) in [6, 6.07) is 0.280. The van der Waals surface area contributed by atoms with E-state index in [0.29, 0.717) is 0 Å². The van der Waals surface area contributed by atoms with E-state index < -0.39 is 5.54 Å². The average Bonchev–Trinajstić information content (AvgIpc) is 2.14. The second-order valence-electron chi connectivity index (χ2n) is 3.79. The maximum Gasteiger partial charge on any atom is 0.0633 e. The van der Waals surface area contributed by atoms with Gasteiger partial charge in [0, 0.05) is 6.04 Å². The van der Waals surface area contributed by atoms with Gasteiger partial charge in [-0.25, -0.2) is 0 Å². The summed E-state index contributed by atoms with van der Waals surface area (Å²) < 4.78 is 0. The van der Waals surface area contributed by atoms with Gasteiger partial charge in [0.15, 0.2) is 0 Å². The van der Waals surface area contributed by atoms with E-state index in [1.807, 2.05) is 13.0 Å². The zero-order chi connectivity index (χ0) is 10.3. The Kier molecular flexibility index (Phi) is 5.95. The monoisotopic (exact) mass is 187 g/mol. The fraction of sp³-hybridized carbons (Fsp3) is 0.800. The fourth-order valence-electron chi connectivity index (χ4n) is 1.18. The molecule has 0 heterocycles. The molecule has 0 aromatic heterocycles. The van der Waals surface area contributed by atoms with Crippen LogP contribution in [0.1, 0.15) is 26.7 Å². The number of rotatable bonds is 7. The standard InChI is InChI=1S/C10H21NO2/c1-4-5-6-9(2)11-10(3,7-12)8-13/h4,9,11-13H,1,5-8H2,2-3H3. The van der Waals surface area contributed by atoms with Gasteiger partial charge in [0.2, 0.25) is 0 Å². The van der Waals surface area contributed by atoms with E-state index in [2.05, 4.69) is 11.9 Å². The molecule has 13 heavy (non-hydrogen) atoms. The predicted molar refractivity (Wildman–Crippen MR) is 54.6 cm³/mol. The van der Waals surface area contributed by atoms with Crippen molar-refractivity contribution in [1.29, 1.82) is 0 Å². The first-order valence-electron chi connectivity index (χ1n) is 4.68. The summed E-state index contributed by atoms with van der Waals surface area (Å²) in [4.78, 5) is 0. The third kappa shape index (κ3) is 5.03. The second kappa shape index (κ2) is 6.13. The van der Waals surface area contributed by atoms with Gasteiger partial charge in [0.1, 0.15) is 0 Å². The summed E-state index contributed by atoms with van der Waals surface area (Å²) in [5.41, 5.74) is -0.569. The molecule has 3 N–H and O–H groups in total. The van der Waals surface area contributed by atoms with Crippen molar-refractivity contribution >= 4 is 0 Å². The van der Waals surface area contributed by atoms with Gasteiger partial charge in [0.05, 0.1) is 18.8 Å². The van der Waals surface area contributed by atoms with E-state index in [4.69, 9.17) is 10.2 Å². The van der Waals surface area contributed by atoms with E-state index in [1.165, 1.54) is 0 Å². The van der Waals surface area contributed by atoms with Crippen molar-refractivity contribution in [3.8, 4) is 0 Å². The van der Waals surface area contributed by atoms with Crippen LogP contribution in [0.4, 0.5) is 0 Å². The van der Waals surface area contributed by atoms with E-state index in [0.717, 1.165) is 12.8 Å². The number of hydrogen-bond donors (Lipinski definition) is 3. The first-order valence-corrected chi connectivity index (χ1v) is 4.68. The second-order valence-corrected chi connectivity index (χ2v) is 3.79. The van der Waals surface area contributed by atoms with Gasteiger partial charge in [-0.05, 0) is 26.7 Å². The molecular weight excluding hydrogens is 166 g/mol. The number of hydrogen-bond acceptors (Lipinski definition) is 3. The van der Waals surface area contributed by atoms with Gasteiger partial charge >= 0.3 is 0 Å². The highest BCUT2D eigenvalue weighted by molar-refractivity contribution is 4.84. The number of aliphatic hydroxyl groups is 2. The Morgan fingerprint density at radius 3 is 2.38 bits per heavy atom. The lowest BCUT2D eigenvalue weighted by molar-refractivity contribution is 0.0948. The fourth-order valence-corrected chi connectivity index (χ4v) is 1.18. The van der Waals surface area contributed by atoms with Crippen LogP contribution >= 0.6 is 0 Å². The zero-order valence-corrected chi connectivity index (χ0v) is 8.58. The molecule has 0 spiro atoms. The molecule has 0 aliphatic carbocycles. The molecule has 0 saturated carbocycles. The number of aliphatic hydroxyl groups excluding tert-OH is 2. The molecule has 3 heteroatoms. The smallest absolute Gasteiger partial charge is 0.0633 e. The van der Waals surface area contributed by atoms with Crippen LogP contribution in [0.2, 0.25) is 0 Å². The van der Waals surface area contributed by atoms with Crippen molar-refractivity contribution in [2.75, 3.05) is 13.2 Å². The van der Waals surface area contributed by atoms with Gasteiger partial charge in [-0.2, -0.15) is 0 Å². The van der Waals surface area contributed by atoms with Crippen molar-refractivity contribution in [2.45, 2.75) is 38.3 Å². The highest BCUT2D eigenvalue weighted by Crippen LogP contribution is 2.06. The van der Waals surface area contributed by atoms with E-state index in [1.54, 1.807) is 6.92 Å². The van der Waals surface area contributed by atoms with Crippen LogP contribution in [-0.2, 0) is 0 Å². The number of allylic oxidation sites excluding steroid dienone is 1. The molecule has 0 radical (unpaired) electrons. The maximum atomic E-state index is 9.02. The van der Waals surface area contributed by atoms with Gasteiger partial charge in [-0.3, -0.25) is 0 Å². The maximum absolute atomic E-state index is 9.02. The lowest BCUT2D eigenvalue weighted by Crippen LogP contribution is -2.52. The minimum atomic E-state index is -0.569.